The van der Waals surface area contributed by atoms with Crippen molar-refractivity contribution in [1.82, 2.24) is 19.7 Å². The van der Waals surface area contributed by atoms with Crippen molar-refractivity contribution >= 4 is 11.8 Å². The minimum Gasteiger partial charge on any atom is -0.461 e. The molecule has 0 aliphatic heterocycles. The Kier molecular flexibility index (Phi) is 4.72. The summed E-state index contributed by atoms with van der Waals surface area (Å²) in [5.41, 5.74) is 2.77. The van der Waals surface area contributed by atoms with E-state index in [1.165, 1.54) is 0 Å². The van der Waals surface area contributed by atoms with Crippen molar-refractivity contribution < 1.29 is 8.83 Å². The zero-order valence-corrected chi connectivity index (χ0v) is 16.1. The molecule has 7 heteroatoms. The highest BCUT2D eigenvalue weighted by atomic mass is 32.2. The molecule has 0 saturated carbocycles. The van der Waals surface area contributed by atoms with Crippen molar-refractivity contribution in [2.45, 2.75) is 10.9 Å². The van der Waals surface area contributed by atoms with Crippen LogP contribution in [-0.2, 0) is 5.75 Å². The Morgan fingerprint density at radius 3 is 2.38 bits per heavy atom. The molecular weight excluding hydrogens is 384 g/mol. The standard InChI is InChI=1S/C22H16N4O2S/c1-3-8-16(9-4-1)21-23-17(14-28-21)15-29-22-25-24-20(19-12-7-13-27-19)26(22)18-10-5-2-6-11-18/h1-14H,15H2. The van der Waals surface area contributed by atoms with Crippen molar-refractivity contribution in [1.29, 1.82) is 0 Å². The van der Waals surface area contributed by atoms with E-state index < -0.39 is 0 Å². The van der Waals surface area contributed by atoms with Crippen LogP contribution >= 0.6 is 11.8 Å². The number of nitrogens with zero attached hydrogens (tertiary/aromatic N) is 4. The van der Waals surface area contributed by atoms with E-state index in [9.17, 15) is 0 Å². The summed E-state index contributed by atoms with van der Waals surface area (Å²) >= 11 is 1.55. The molecule has 0 amide bonds. The quantitative estimate of drug-likeness (QED) is 0.352. The van der Waals surface area contributed by atoms with Crippen molar-refractivity contribution in [3.8, 4) is 28.7 Å². The van der Waals surface area contributed by atoms with Gasteiger partial charge in [0.15, 0.2) is 10.9 Å². The van der Waals surface area contributed by atoms with Gasteiger partial charge in [0.2, 0.25) is 11.7 Å². The highest BCUT2D eigenvalue weighted by Crippen LogP contribution is 2.30. The van der Waals surface area contributed by atoms with E-state index in [4.69, 9.17) is 8.83 Å². The average molecular weight is 400 g/mol. The van der Waals surface area contributed by atoms with Crippen LogP contribution in [0.15, 0.2) is 99.3 Å². The number of para-hydroxylation sites is 1. The summed E-state index contributed by atoms with van der Waals surface area (Å²) in [6.45, 7) is 0. The first-order chi connectivity index (χ1) is 14.4. The van der Waals surface area contributed by atoms with Gasteiger partial charge in [0.05, 0.1) is 12.0 Å². The second-order valence-corrected chi connectivity index (χ2v) is 7.20. The molecule has 29 heavy (non-hydrogen) atoms. The van der Waals surface area contributed by atoms with Crippen molar-refractivity contribution in [2.75, 3.05) is 0 Å². The van der Waals surface area contributed by atoms with Gasteiger partial charge in [-0.2, -0.15) is 0 Å². The molecule has 0 atom stereocenters. The SMILES string of the molecule is c1ccc(-c2nc(CSc3nnc(-c4ccco4)n3-c3ccccc3)co2)cc1. The number of oxazole rings is 1. The van der Waals surface area contributed by atoms with E-state index in [-0.39, 0.29) is 0 Å². The molecule has 0 spiro atoms. The van der Waals surface area contributed by atoms with Gasteiger partial charge in [0.1, 0.15) is 6.26 Å². The highest BCUT2D eigenvalue weighted by molar-refractivity contribution is 7.98. The monoisotopic (exact) mass is 400 g/mol. The number of rotatable bonds is 6. The number of furan rings is 1. The van der Waals surface area contributed by atoms with Gasteiger partial charge < -0.3 is 8.83 Å². The first-order valence-corrected chi connectivity index (χ1v) is 10.0. The van der Waals surface area contributed by atoms with Gasteiger partial charge in [-0.3, -0.25) is 4.57 Å². The summed E-state index contributed by atoms with van der Waals surface area (Å²) in [4.78, 5) is 4.59. The fourth-order valence-corrected chi connectivity index (χ4v) is 3.79. The van der Waals surface area contributed by atoms with Crippen LogP contribution in [0.1, 0.15) is 5.69 Å². The Morgan fingerprint density at radius 2 is 1.62 bits per heavy atom. The first kappa shape index (κ1) is 17.5. The van der Waals surface area contributed by atoms with E-state index in [0.29, 0.717) is 23.2 Å². The van der Waals surface area contributed by atoms with Gasteiger partial charge in [-0.1, -0.05) is 48.2 Å². The maximum absolute atomic E-state index is 5.64. The topological polar surface area (TPSA) is 69.9 Å². The molecule has 0 fully saturated rings. The minimum atomic E-state index is 0.611. The van der Waals surface area contributed by atoms with Gasteiger partial charge in [0.25, 0.3) is 0 Å². The van der Waals surface area contributed by atoms with E-state index >= 15 is 0 Å². The second kappa shape index (κ2) is 7.81. The Balaban J connectivity index is 1.43. The lowest BCUT2D eigenvalue weighted by molar-refractivity contribution is 0.573. The lowest BCUT2D eigenvalue weighted by Gasteiger charge is -2.08. The zero-order valence-electron chi connectivity index (χ0n) is 15.3. The van der Waals surface area contributed by atoms with Crippen LogP contribution in [0.25, 0.3) is 28.7 Å². The maximum atomic E-state index is 5.64. The minimum absolute atomic E-state index is 0.611. The molecule has 6 nitrogen and oxygen atoms in total. The van der Waals surface area contributed by atoms with E-state index in [1.54, 1.807) is 24.3 Å². The number of benzene rings is 2. The molecule has 0 N–H and O–H groups in total. The Hall–Kier alpha value is -3.58. The highest BCUT2D eigenvalue weighted by Gasteiger charge is 2.18. The third kappa shape index (κ3) is 3.60. The molecule has 2 aromatic carbocycles. The zero-order chi connectivity index (χ0) is 19.5. The second-order valence-electron chi connectivity index (χ2n) is 6.25. The smallest absolute Gasteiger partial charge is 0.226 e. The fraction of sp³-hybridized carbons (Fsp3) is 0.0455. The van der Waals surface area contributed by atoms with Crippen LogP contribution in [-0.4, -0.2) is 19.7 Å². The van der Waals surface area contributed by atoms with Crippen molar-refractivity contribution in [3.05, 3.63) is 91.0 Å². The molecule has 0 saturated heterocycles. The largest absolute Gasteiger partial charge is 0.461 e. The van der Waals surface area contributed by atoms with Gasteiger partial charge in [0, 0.05) is 17.0 Å². The number of hydrogen-bond donors (Lipinski definition) is 0. The van der Waals surface area contributed by atoms with E-state index in [1.807, 2.05) is 77.4 Å². The molecule has 3 heterocycles. The normalized spacial score (nSPS) is 11.0. The molecular formula is C22H16N4O2S. The predicted octanol–water partition coefficient (Wildman–Crippen LogP) is 5.47. The Labute approximate surface area is 171 Å². The van der Waals surface area contributed by atoms with Gasteiger partial charge >= 0.3 is 0 Å². The molecule has 142 valence electrons. The van der Waals surface area contributed by atoms with Gasteiger partial charge in [-0.05, 0) is 36.4 Å². The molecule has 0 radical (unpaired) electrons. The van der Waals surface area contributed by atoms with Crippen molar-refractivity contribution in [3.63, 3.8) is 0 Å². The average Bonchev–Trinajstić information content (AvgIpc) is 3.54. The predicted molar refractivity (Wildman–Crippen MR) is 111 cm³/mol. The summed E-state index contributed by atoms with van der Waals surface area (Å²) < 4.78 is 13.2. The third-order valence-corrected chi connectivity index (χ3v) is 5.27. The molecule has 3 aromatic heterocycles. The number of hydrogen-bond acceptors (Lipinski definition) is 6. The van der Waals surface area contributed by atoms with E-state index in [0.717, 1.165) is 22.1 Å². The van der Waals surface area contributed by atoms with Crippen LogP contribution < -0.4 is 0 Å². The van der Waals surface area contributed by atoms with Gasteiger partial charge in [-0.25, -0.2) is 4.98 Å². The fourth-order valence-electron chi connectivity index (χ4n) is 2.96. The Bertz CT molecular complexity index is 1200. The molecule has 0 bridgehead atoms. The van der Waals surface area contributed by atoms with Crippen LogP contribution in [0.4, 0.5) is 0 Å². The van der Waals surface area contributed by atoms with Gasteiger partial charge in [-0.15, -0.1) is 10.2 Å². The summed E-state index contributed by atoms with van der Waals surface area (Å²) in [5.74, 6) is 2.55. The molecule has 0 unspecified atom stereocenters. The number of aromatic nitrogens is 4. The Morgan fingerprint density at radius 1 is 0.828 bits per heavy atom. The third-order valence-electron chi connectivity index (χ3n) is 4.31. The molecule has 5 rings (SSSR count). The van der Waals surface area contributed by atoms with Crippen LogP contribution in [0.3, 0.4) is 0 Å². The summed E-state index contributed by atoms with van der Waals surface area (Å²) in [5, 5.41) is 9.50. The lowest BCUT2D eigenvalue weighted by Crippen LogP contribution is -1.99. The molecule has 5 aromatic rings. The van der Waals surface area contributed by atoms with Crippen LogP contribution in [0, 0.1) is 0 Å². The molecule has 0 aliphatic rings. The van der Waals surface area contributed by atoms with E-state index in [2.05, 4.69) is 15.2 Å². The van der Waals surface area contributed by atoms with Crippen LogP contribution in [0.2, 0.25) is 0 Å². The summed E-state index contributed by atoms with van der Waals surface area (Å²) in [6.07, 6.45) is 3.32. The van der Waals surface area contributed by atoms with Crippen molar-refractivity contribution in [2.24, 2.45) is 0 Å². The summed E-state index contributed by atoms with van der Waals surface area (Å²) in [6, 6.07) is 23.6. The van der Waals surface area contributed by atoms with Crippen LogP contribution in [0.5, 0.6) is 0 Å². The molecule has 0 aliphatic carbocycles. The lowest BCUT2D eigenvalue weighted by atomic mass is 10.2. The number of thioether (sulfide) groups is 1. The first-order valence-electron chi connectivity index (χ1n) is 9.06. The maximum Gasteiger partial charge on any atom is 0.226 e. The summed E-state index contributed by atoms with van der Waals surface area (Å²) in [7, 11) is 0.